The maximum Gasteiger partial charge on any atom is 0.293 e. The third-order valence-electron chi connectivity index (χ3n) is 2.00. The predicted molar refractivity (Wildman–Crippen MR) is 42.3 cm³/mol. The lowest BCUT2D eigenvalue weighted by Gasteiger charge is -2.18. The highest BCUT2D eigenvalue weighted by atomic mass is 16.5. The van der Waals surface area contributed by atoms with E-state index in [2.05, 4.69) is 4.90 Å². The summed E-state index contributed by atoms with van der Waals surface area (Å²) in [5, 5.41) is 0. The number of likely N-dealkylation sites (tertiary alicyclic amines) is 1. The maximum atomic E-state index is 9.95. The fourth-order valence-corrected chi connectivity index (χ4v) is 1.47. The highest BCUT2D eigenvalue weighted by molar-refractivity contribution is 5.37. The van der Waals surface area contributed by atoms with E-state index in [1.54, 1.807) is 0 Å². The Morgan fingerprint density at radius 1 is 1.55 bits per heavy atom. The Labute approximate surface area is 67.3 Å². The van der Waals surface area contributed by atoms with Gasteiger partial charge in [0.05, 0.1) is 0 Å². The lowest BCUT2D eigenvalue weighted by molar-refractivity contribution is -0.133. The molecule has 0 spiro atoms. The van der Waals surface area contributed by atoms with Gasteiger partial charge >= 0.3 is 0 Å². The molecule has 1 atom stereocenters. The third-order valence-corrected chi connectivity index (χ3v) is 2.00. The first-order chi connectivity index (χ1) is 5.33. The summed E-state index contributed by atoms with van der Waals surface area (Å²) < 4.78 is 4.78. The summed E-state index contributed by atoms with van der Waals surface area (Å²) in [6.45, 7) is 5.66. The van der Waals surface area contributed by atoms with Gasteiger partial charge in [0.25, 0.3) is 6.47 Å². The molecule has 0 aromatic rings. The van der Waals surface area contributed by atoms with Crippen LogP contribution in [0, 0.1) is 0 Å². The van der Waals surface area contributed by atoms with E-state index >= 15 is 0 Å². The Bertz CT molecular complexity index is 121. The molecule has 0 radical (unpaired) electrons. The second kappa shape index (κ2) is 4.34. The molecule has 0 aliphatic carbocycles. The van der Waals surface area contributed by atoms with Crippen molar-refractivity contribution >= 4 is 6.47 Å². The van der Waals surface area contributed by atoms with Gasteiger partial charge in [0.15, 0.2) is 0 Å². The molecule has 1 heterocycles. The smallest absolute Gasteiger partial charge is 0.293 e. The second-order valence-electron chi connectivity index (χ2n) is 3.05. The van der Waals surface area contributed by atoms with Crippen molar-refractivity contribution in [3.8, 4) is 0 Å². The largest absolute Gasteiger partial charge is 0.464 e. The predicted octanol–water partition coefficient (Wildman–Crippen LogP) is 0.644. The monoisotopic (exact) mass is 157 g/mol. The number of ether oxygens (including phenoxy) is 1. The van der Waals surface area contributed by atoms with Crippen molar-refractivity contribution in [2.75, 3.05) is 19.6 Å². The molecule has 0 aromatic carbocycles. The van der Waals surface area contributed by atoms with Gasteiger partial charge in [-0.2, -0.15) is 0 Å². The highest BCUT2D eigenvalue weighted by Crippen LogP contribution is 2.07. The van der Waals surface area contributed by atoms with Crippen molar-refractivity contribution in [3.63, 3.8) is 0 Å². The van der Waals surface area contributed by atoms with Gasteiger partial charge in [-0.05, 0) is 32.9 Å². The van der Waals surface area contributed by atoms with Crippen molar-refractivity contribution in [2.24, 2.45) is 0 Å². The average Bonchev–Trinajstić information content (AvgIpc) is 2.40. The zero-order valence-electron chi connectivity index (χ0n) is 6.95. The number of carbonyl (C=O) groups is 1. The lowest BCUT2D eigenvalue weighted by Crippen LogP contribution is -2.29. The molecule has 0 bridgehead atoms. The SMILES string of the molecule is CC(CN1CCCC1)OC=O. The molecule has 0 aromatic heterocycles. The van der Waals surface area contributed by atoms with E-state index < -0.39 is 0 Å². The first-order valence-corrected chi connectivity index (χ1v) is 4.14. The number of rotatable bonds is 4. The topological polar surface area (TPSA) is 29.5 Å². The number of hydrogen-bond donors (Lipinski definition) is 0. The van der Waals surface area contributed by atoms with Crippen LogP contribution in [-0.4, -0.2) is 37.1 Å². The first-order valence-electron chi connectivity index (χ1n) is 4.14. The van der Waals surface area contributed by atoms with Crippen molar-refractivity contribution in [3.05, 3.63) is 0 Å². The summed E-state index contributed by atoms with van der Waals surface area (Å²) in [5.41, 5.74) is 0. The zero-order valence-corrected chi connectivity index (χ0v) is 6.95. The van der Waals surface area contributed by atoms with Gasteiger partial charge in [-0.1, -0.05) is 0 Å². The molecule has 0 saturated carbocycles. The van der Waals surface area contributed by atoms with Gasteiger partial charge in [-0.15, -0.1) is 0 Å². The van der Waals surface area contributed by atoms with Gasteiger partial charge in [0, 0.05) is 6.54 Å². The molecule has 3 nitrogen and oxygen atoms in total. The van der Waals surface area contributed by atoms with Crippen LogP contribution >= 0.6 is 0 Å². The van der Waals surface area contributed by atoms with Crippen LogP contribution in [0.4, 0.5) is 0 Å². The highest BCUT2D eigenvalue weighted by Gasteiger charge is 2.14. The minimum absolute atomic E-state index is 0.0469. The molecule has 1 unspecified atom stereocenters. The van der Waals surface area contributed by atoms with Crippen molar-refractivity contribution in [2.45, 2.75) is 25.9 Å². The standard InChI is InChI=1S/C8H15NO2/c1-8(11-7-10)6-9-4-2-3-5-9/h7-8H,2-6H2,1H3. The van der Waals surface area contributed by atoms with Gasteiger partial charge in [0.1, 0.15) is 6.10 Å². The average molecular weight is 157 g/mol. The van der Waals surface area contributed by atoms with Crippen molar-refractivity contribution < 1.29 is 9.53 Å². The molecule has 1 aliphatic heterocycles. The Morgan fingerprint density at radius 3 is 2.73 bits per heavy atom. The van der Waals surface area contributed by atoms with Crippen molar-refractivity contribution in [1.29, 1.82) is 0 Å². The zero-order chi connectivity index (χ0) is 8.10. The minimum atomic E-state index is 0.0469. The van der Waals surface area contributed by atoms with E-state index in [-0.39, 0.29) is 6.10 Å². The first kappa shape index (κ1) is 8.53. The third kappa shape index (κ3) is 2.89. The van der Waals surface area contributed by atoms with Crippen LogP contribution in [0.2, 0.25) is 0 Å². The number of hydrogen-bond acceptors (Lipinski definition) is 3. The van der Waals surface area contributed by atoms with Gasteiger partial charge in [0.2, 0.25) is 0 Å². The summed E-state index contributed by atoms with van der Waals surface area (Å²) in [6.07, 6.45) is 2.62. The number of carbonyl (C=O) groups excluding carboxylic acids is 1. The van der Waals surface area contributed by atoms with Crippen LogP contribution in [0.25, 0.3) is 0 Å². The molecule has 0 N–H and O–H groups in total. The van der Waals surface area contributed by atoms with Crippen LogP contribution < -0.4 is 0 Å². The van der Waals surface area contributed by atoms with E-state index in [4.69, 9.17) is 4.74 Å². The Morgan fingerprint density at radius 2 is 2.18 bits per heavy atom. The molecule has 0 amide bonds. The molecule has 1 fully saturated rings. The Balaban J connectivity index is 2.12. The second-order valence-corrected chi connectivity index (χ2v) is 3.05. The molecule has 1 saturated heterocycles. The van der Waals surface area contributed by atoms with E-state index in [9.17, 15) is 4.79 Å². The minimum Gasteiger partial charge on any atom is -0.464 e. The Hall–Kier alpha value is -0.570. The fraction of sp³-hybridized carbons (Fsp3) is 0.875. The molecule has 64 valence electrons. The summed E-state index contributed by atoms with van der Waals surface area (Å²) in [4.78, 5) is 12.3. The van der Waals surface area contributed by atoms with Crippen molar-refractivity contribution in [1.82, 2.24) is 4.90 Å². The van der Waals surface area contributed by atoms with E-state index in [1.165, 1.54) is 12.8 Å². The molecule has 3 heteroatoms. The van der Waals surface area contributed by atoms with E-state index in [0.29, 0.717) is 6.47 Å². The molecule has 1 aliphatic rings. The van der Waals surface area contributed by atoms with E-state index in [1.807, 2.05) is 6.92 Å². The maximum absolute atomic E-state index is 9.95. The van der Waals surface area contributed by atoms with Gasteiger partial charge in [-0.3, -0.25) is 9.69 Å². The summed E-state index contributed by atoms with van der Waals surface area (Å²) in [6, 6.07) is 0. The van der Waals surface area contributed by atoms with E-state index in [0.717, 1.165) is 19.6 Å². The Kier molecular flexibility index (Phi) is 3.36. The molecular weight excluding hydrogens is 142 g/mol. The summed E-state index contributed by atoms with van der Waals surface area (Å²) in [7, 11) is 0. The normalized spacial score (nSPS) is 21.5. The fourth-order valence-electron chi connectivity index (χ4n) is 1.47. The summed E-state index contributed by atoms with van der Waals surface area (Å²) in [5.74, 6) is 0. The lowest BCUT2D eigenvalue weighted by atomic mass is 10.4. The van der Waals surface area contributed by atoms with Gasteiger partial charge in [-0.25, -0.2) is 0 Å². The molecule has 1 rings (SSSR count). The van der Waals surface area contributed by atoms with Crippen LogP contribution in [0.5, 0.6) is 0 Å². The van der Waals surface area contributed by atoms with Crippen LogP contribution in [0.1, 0.15) is 19.8 Å². The van der Waals surface area contributed by atoms with Crippen LogP contribution in [-0.2, 0) is 9.53 Å². The summed E-state index contributed by atoms with van der Waals surface area (Å²) >= 11 is 0. The van der Waals surface area contributed by atoms with Crippen LogP contribution in [0.3, 0.4) is 0 Å². The molecule has 11 heavy (non-hydrogen) atoms. The number of nitrogens with zero attached hydrogens (tertiary/aromatic N) is 1. The quantitative estimate of drug-likeness (QED) is 0.561. The van der Waals surface area contributed by atoms with Gasteiger partial charge < -0.3 is 4.74 Å². The molecular formula is C8H15NO2. The van der Waals surface area contributed by atoms with Crippen LogP contribution in [0.15, 0.2) is 0 Å².